The van der Waals surface area contributed by atoms with Gasteiger partial charge in [-0.3, -0.25) is 4.79 Å². The quantitative estimate of drug-likeness (QED) is 0.917. The first-order valence-electron chi connectivity index (χ1n) is 6.82. The normalized spacial score (nSPS) is 21.7. The molecule has 6 nitrogen and oxygen atoms in total. The van der Waals surface area contributed by atoms with Gasteiger partial charge in [0.1, 0.15) is 17.1 Å². The Morgan fingerprint density at radius 1 is 1.48 bits per heavy atom. The van der Waals surface area contributed by atoms with Crippen molar-refractivity contribution < 1.29 is 4.79 Å². The van der Waals surface area contributed by atoms with Crippen LogP contribution in [0.1, 0.15) is 41.8 Å². The molecule has 1 saturated heterocycles. The van der Waals surface area contributed by atoms with Crippen LogP contribution in [0.3, 0.4) is 0 Å². The van der Waals surface area contributed by atoms with Crippen molar-refractivity contribution in [1.29, 1.82) is 0 Å². The number of thiazole rings is 1. The van der Waals surface area contributed by atoms with Gasteiger partial charge in [-0.2, -0.15) is 0 Å². The van der Waals surface area contributed by atoms with Crippen LogP contribution in [0.5, 0.6) is 0 Å². The van der Waals surface area contributed by atoms with Crippen molar-refractivity contribution in [2.45, 2.75) is 32.2 Å². The fraction of sp³-hybridized carbons (Fsp3) is 0.429. The Morgan fingerprint density at radius 2 is 2.29 bits per heavy atom. The number of nitrogens with zero attached hydrogens (tertiary/aromatic N) is 4. The molecular formula is C14H17N5OS. The molecule has 1 amide bonds. The Bertz CT molecular complexity index is 652. The predicted octanol–water partition coefficient (Wildman–Crippen LogP) is 1.98. The van der Waals surface area contributed by atoms with Gasteiger partial charge in [-0.1, -0.05) is 0 Å². The second kappa shape index (κ2) is 5.07. The largest absolute Gasteiger partial charge is 0.384 e. The summed E-state index contributed by atoms with van der Waals surface area (Å²) in [4.78, 5) is 27.4. The van der Waals surface area contributed by atoms with E-state index >= 15 is 0 Å². The molecule has 7 heteroatoms. The van der Waals surface area contributed by atoms with E-state index in [1.807, 2.05) is 18.7 Å². The number of likely N-dealkylation sites (tertiary alicyclic amines) is 1. The van der Waals surface area contributed by atoms with Crippen molar-refractivity contribution in [3.8, 4) is 0 Å². The molecule has 0 aliphatic carbocycles. The van der Waals surface area contributed by atoms with Gasteiger partial charge < -0.3 is 10.6 Å². The van der Waals surface area contributed by atoms with Crippen molar-refractivity contribution in [1.82, 2.24) is 19.9 Å². The zero-order chi connectivity index (χ0) is 15.0. The average Bonchev–Trinajstić information content (AvgIpc) is 3.06. The van der Waals surface area contributed by atoms with Gasteiger partial charge in [0.2, 0.25) is 0 Å². The highest BCUT2D eigenvalue weighted by Crippen LogP contribution is 2.38. The van der Waals surface area contributed by atoms with E-state index in [0.29, 0.717) is 23.9 Å². The number of amides is 1. The lowest BCUT2D eigenvalue weighted by atomic mass is 9.97. The van der Waals surface area contributed by atoms with Crippen LogP contribution in [0.15, 0.2) is 17.0 Å². The number of aryl methyl sites for hydroxylation is 1. The van der Waals surface area contributed by atoms with Crippen LogP contribution in [-0.4, -0.2) is 32.3 Å². The molecule has 2 aromatic rings. The minimum atomic E-state index is -0.527. The maximum absolute atomic E-state index is 12.7. The number of anilines is 1. The van der Waals surface area contributed by atoms with Crippen molar-refractivity contribution in [3.05, 3.63) is 34.2 Å². The van der Waals surface area contributed by atoms with E-state index in [0.717, 1.165) is 18.5 Å². The Balaban J connectivity index is 2.00. The molecule has 1 fully saturated rings. The molecule has 3 rings (SSSR count). The van der Waals surface area contributed by atoms with Crippen LogP contribution in [0, 0.1) is 6.92 Å². The molecule has 1 unspecified atom stereocenters. The fourth-order valence-corrected chi connectivity index (χ4v) is 3.34. The number of hydrogen-bond acceptors (Lipinski definition) is 6. The predicted molar refractivity (Wildman–Crippen MR) is 80.9 cm³/mol. The molecule has 1 aliphatic rings. The molecule has 110 valence electrons. The zero-order valence-electron chi connectivity index (χ0n) is 12.0. The van der Waals surface area contributed by atoms with E-state index in [4.69, 9.17) is 5.73 Å². The summed E-state index contributed by atoms with van der Waals surface area (Å²) in [6.45, 7) is 4.56. The standard InChI is InChI=1S/C14H17N5OS/c1-9-6-11(15)18-13(17-9)14(2)4-3-5-19(14)12(20)10-7-21-8-16-10/h6-8H,3-5H2,1-2H3,(H2,15,17,18). The second-order valence-corrected chi connectivity index (χ2v) is 6.18. The number of hydrogen-bond donors (Lipinski definition) is 1. The van der Waals surface area contributed by atoms with Crippen molar-refractivity contribution >= 4 is 23.1 Å². The molecule has 0 saturated carbocycles. The molecule has 21 heavy (non-hydrogen) atoms. The smallest absolute Gasteiger partial charge is 0.274 e. The lowest BCUT2D eigenvalue weighted by Gasteiger charge is -2.33. The molecule has 2 aromatic heterocycles. The number of carbonyl (C=O) groups excluding carboxylic acids is 1. The Kier molecular flexibility index (Phi) is 3.36. The Labute approximate surface area is 127 Å². The van der Waals surface area contributed by atoms with Gasteiger partial charge in [-0.15, -0.1) is 11.3 Å². The molecule has 0 spiro atoms. The maximum Gasteiger partial charge on any atom is 0.274 e. The van der Waals surface area contributed by atoms with E-state index in [9.17, 15) is 4.79 Å². The van der Waals surface area contributed by atoms with Crippen LogP contribution in [0.2, 0.25) is 0 Å². The number of nitrogen functional groups attached to an aromatic ring is 1. The first kappa shape index (κ1) is 13.9. The van der Waals surface area contributed by atoms with Gasteiger partial charge in [-0.05, 0) is 26.7 Å². The molecule has 0 aromatic carbocycles. The fourth-order valence-electron chi connectivity index (χ4n) is 2.81. The number of carbonyl (C=O) groups is 1. The van der Waals surface area contributed by atoms with E-state index in [-0.39, 0.29) is 5.91 Å². The first-order valence-corrected chi connectivity index (χ1v) is 7.77. The monoisotopic (exact) mass is 303 g/mol. The van der Waals surface area contributed by atoms with Gasteiger partial charge in [0.15, 0.2) is 5.82 Å². The van der Waals surface area contributed by atoms with Gasteiger partial charge >= 0.3 is 0 Å². The molecule has 1 aliphatic heterocycles. The lowest BCUT2D eigenvalue weighted by molar-refractivity contribution is 0.0598. The van der Waals surface area contributed by atoms with Crippen LogP contribution < -0.4 is 5.73 Å². The maximum atomic E-state index is 12.7. The average molecular weight is 303 g/mol. The number of aromatic nitrogens is 3. The third-order valence-corrected chi connectivity index (χ3v) is 4.48. The highest BCUT2D eigenvalue weighted by Gasteiger charge is 2.44. The zero-order valence-corrected chi connectivity index (χ0v) is 12.9. The minimum absolute atomic E-state index is 0.0695. The summed E-state index contributed by atoms with van der Waals surface area (Å²) in [5.41, 5.74) is 8.27. The summed E-state index contributed by atoms with van der Waals surface area (Å²) in [7, 11) is 0. The molecule has 2 N–H and O–H groups in total. The van der Waals surface area contributed by atoms with Gasteiger partial charge in [0.05, 0.1) is 5.51 Å². The van der Waals surface area contributed by atoms with E-state index in [2.05, 4.69) is 15.0 Å². The van der Waals surface area contributed by atoms with Gasteiger partial charge in [0, 0.05) is 23.7 Å². The number of nitrogens with two attached hydrogens (primary N) is 1. The van der Waals surface area contributed by atoms with Crippen molar-refractivity contribution in [2.24, 2.45) is 0 Å². The molecular weight excluding hydrogens is 286 g/mol. The van der Waals surface area contributed by atoms with Crippen molar-refractivity contribution in [3.63, 3.8) is 0 Å². The summed E-state index contributed by atoms with van der Waals surface area (Å²) in [5.74, 6) is 0.979. The van der Waals surface area contributed by atoms with Gasteiger partial charge in [0.25, 0.3) is 5.91 Å². The molecule has 1 atom stereocenters. The van der Waals surface area contributed by atoms with E-state index < -0.39 is 5.54 Å². The summed E-state index contributed by atoms with van der Waals surface area (Å²) in [6, 6.07) is 1.73. The molecule has 3 heterocycles. The third-order valence-electron chi connectivity index (χ3n) is 3.89. The van der Waals surface area contributed by atoms with Crippen molar-refractivity contribution in [2.75, 3.05) is 12.3 Å². The highest BCUT2D eigenvalue weighted by molar-refractivity contribution is 7.07. The Hall–Kier alpha value is -2.02. The third kappa shape index (κ3) is 2.37. The lowest BCUT2D eigenvalue weighted by Crippen LogP contribution is -2.44. The van der Waals surface area contributed by atoms with E-state index in [1.165, 1.54) is 11.3 Å². The first-order chi connectivity index (χ1) is 10.0. The van der Waals surface area contributed by atoms with Gasteiger partial charge in [-0.25, -0.2) is 15.0 Å². The molecule has 0 radical (unpaired) electrons. The highest BCUT2D eigenvalue weighted by atomic mass is 32.1. The summed E-state index contributed by atoms with van der Waals surface area (Å²) >= 11 is 1.42. The molecule has 0 bridgehead atoms. The summed E-state index contributed by atoms with van der Waals surface area (Å²) in [5, 5.41) is 1.77. The SMILES string of the molecule is Cc1cc(N)nc(C2(C)CCCN2C(=O)c2cscn2)n1. The summed E-state index contributed by atoms with van der Waals surface area (Å²) in [6.07, 6.45) is 1.75. The summed E-state index contributed by atoms with van der Waals surface area (Å²) < 4.78 is 0. The topological polar surface area (TPSA) is 85.0 Å². The second-order valence-electron chi connectivity index (χ2n) is 5.47. The Morgan fingerprint density at radius 3 is 2.95 bits per heavy atom. The van der Waals surface area contributed by atoms with E-state index in [1.54, 1.807) is 17.0 Å². The van der Waals surface area contributed by atoms with Crippen LogP contribution in [0.25, 0.3) is 0 Å². The minimum Gasteiger partial charge on any atom is -0.384 e. The van der Waals surface area contributed by atoms with Crippen LogP contribution >= 0.6 is 11.3 Å². The van der Waals surface area contributed by atoms with Crippen LogP contribution in [-0.2, 0) is 5.54 Å². The van der Waals surface area contributed by atoms with Crippen LogP contribution in [0.4, 0.5) is 5.82 Å². The number of rotatable bonds is 2.